The number of esters is 1. The molecule has 0 spiro atoms. The molecular formula is C18H22O5. The summed E-state index contributed by atoms with van der Waals surface area (Å²) in [7, 11) is 0. The molecule has 1 aliphatic rings. The quantitative estimate of drug-likeness (QED) is 0.539. The molecule has 5 nitrogen and oxygen atoms in total. The van der Waals surface area contributed by atoms with Gasteiger partial charge < -0.3 is 14.9 Å². The van der Waals surface area contributed by atoms with Crippen LogP contribution in [0.4, 0.5) is 0 Å². The predicted octanol–water partition coefficient (Wildman–Crippen LogP) is 3.23. The number of carbonyl (C=O) groups excluding carboxylic acids is 2. The molecule has 2 rings (SSSR count). The third-order valence-electron chi connectivity index (χ3n) is 3.73. The molecule has 0 fully saturated rings. The molecule has 1 unspecified atom stereocenters. The normalized spacial score (nSPS) is 14.3. The van der Waals surface area contributed by atoms with Crippen LogP contribution in [-0.4, -0.2) is 28.1 Å². The van der Waals surface area contributed by atoms with Gasteiger partial charge in [0.15, 0.2) is 0 Å². The Morgan fingerprint density at radius 2 is 2.04 bits per heavy atom. The molecule has 0 saturated heterocycles. The van der Waals surface area contributed by atoms with E-state index >= 15 is 0 Å². The highest BCUT2D eigenvalue weighted by atomic mass is 16.6. The van der Waals surface area contributed by atoms with Gasteiger partial charge in [-0.1, -0.05) is 12.2 Å². The molecule has 0 radical (unpaired) electrons. The van der Waals surface area contributed by atoms with Crippen LogP contribution in [0, 0.1) is 0 Å². The molecule has 124 valence electrons. The molecule has 0 bridgehead atoms. The number of hydrogen-bond donors (Lipinski definition) is 2. The van der Waals surface area contributed by atoms with Crippen LogP contribution in [0.15, 0.2) is 18.2 Å². The fourth-order valence-corrected chi connectivity index (χ4v) is 2.50. The number of benzene rings is 1. The van der Waals surface area contributed by atoms with Gasteiger partial charge in [-0.3, -0.25) is 4.79 Å². The minimum Gasteiger partial charge on any atom is -0.508 e. The summed E-state index contributed by atoms with van der Waals surface area (Å²) in [4.78, 5) is 23.0. The molecule has 2 N–H and O–H groups in total. The number of aliphatic hydroxyl groups is 1. The fraction of sp³-hybridized carbons (Fsp3) is 0.444. The average Bonchev–Trinajstić information content (AvgIpc) is 2.45. The smallest absolute Gasteiger partial charge is 0.348 e. The van der Waals surface area contributed by atoms with Gasteiger partial charge in [0.05, 0.1) is 6.10 Å². The van der Waals surface area contributed by atoms with Crippen LogP contribution in [0.5, 0.6) is 11.5 Å². The van der Waals surface area contributed by atoms with Gasteiger partial charge in [0.25, 0.3) is 0 Å². The maximum absolute atomic E-state index is 11.7. The Hall–Kier alpha value is -2.14. The SMILES string of the molecule is CC(O)CCCC(=O)CCC/C=C/c1cc(O)cc2c1C(=O)O2. The summed E-state index contributed by atoms with van der Waals surface area (Å²) in [5, 5.41) is 18.7. The van der Waals surface area contributed by atoms with Crippen LogP contribution in [0.1, 0.15) is 61.4 Å². The molecule has 5 heteroatoms. The number of ether oxygens (including phenoxy) is 1. The van der Waals surface area contributed by atoms with E-state index in [0.29, 0.717) is 36.1 Å². The largest absolute Gasteiger partial charge is 0.508 e. The van der Waals surface area contributed by atoms with Crippen molar-refractivity contribution < 1.29 is 24.5 Å². The lowest BCUT2D eigenvalue weighted by Gasteiger charge is -2.19. The van der Waals surface area contributed by atoms with Crippen molar-refractivity contribution in [2.24, 2.45) is 0 Å². The van der Waals surface area contributed by atoms with Crippen molar-refractivity contribution in [3.8, 4) is 11.5 Å². The zero-order valence-corrected chi connectivity index (χ0v) is 13.2. The Balaban J connectivity index is 1.74. The van der Waals surface area contributed by atoms with Crippen molar-refractivity contribution in [1.29, 1.82) is 0 Å². The molecule has 0 aliphatic carbocycles. The summed E-state index contributed by atoms with van der Waals surface area (Å²) in [6.45, 7) is 1.72. The number of carbonyl (C=O) groups is 2. The van der Waals surface area contributed by atoms with Crippen molar-refractivity contribution in [2.75, 3.05) is 0 Å². The number of phenols is 1. The van der Waals surface area contributed by atoms with E-state index in [1.54, 1.807) is 13.0 Å². The second-order valence-corrected chi connectivity index (χ2v) is 5.87. The highest BCUT2D eigenvalue weighted by Crippen LogP contribution is 2.36. The molecule has 1 aromatic carbocycles. The van der Waals surface area contributed by atoms with Crippen molar-refractivity contribution in [3.05, 3.63) is 29.3 Å². The molecular weight excluding hydrogens is 296 g/mol. The lowest BCUT2D eigenvalue weighted by molar-refractivity contribution is -0.119. The lowest BCUT2D eigenvalue weighted by atomic mass is 10.0. The molecule has 0 saturated carbocycles. The van der Waals surface area contributed by atoms with Gasteiger partial charge in [-0.25, -0.2) is 4.79 Å². The van der Waals surface area contributed by atoms with Crippen LogP contribution in [0.2, 0.25) is 0 Å². The Kier molecular flexibility index (Phi) is 5.93. The Morgan fingerprint density at radius 1 is 1.30 bits per heavy atom. The van der Waals surface area contributed by atoms with Crippen LogP contribution >= 0.6 is 0 Å². The molecule has 0 aromatic heterocycles. The highest BCUT2D eigenvalue weighted by molar-refractivity contribution is 6.04. The fourth-order valence-electron chi connectivity index (χ4n) is 2.50. The topological polar surface area (TPSA) is 83.8 Å². The van der Waals surface area contributed by atoms with E-state index < -0.39 is 0 Å². The summed E-state index contributed by atoms with van der Waals surface area (Å²) >= 11 is 0. The number of aromatic hydroxyl groups is 1. The van der Waals surface area contributed by atoms with Crippen LogP contribution in [0.25, 0.3) is 6.08 Å². The van der Waals surface area contributed by atoms with E-state index in [2.05, 4.69) is 0 Å². The number of aliphatic hydroxyl groups excluding tert-OH is 1. The first-order valence-corrected chi connectivity index (χ1v) is 7.93. The Bertz CT molecular complexity index is 616. The number of fused-ring (bicyclic) bond motifs is 1. The lowest BCUT2D eigenvalue weighted by Crippen LogP contribution is -2.22. The van der Waals surface area contributed by atoms with E-state index in [1.165, 1.54) is 12.1 Å². The summed E-state index contributed by atoms with van der Waals surface area (Å²) in [5.74, 6) is 0.296. The number of phenolic OH excluding ortho intramolecular Hbond substituents is 1. The Morgan fingerprint density at radius 3 is 2.74 bits per heavy atom. The van der Waals surface area contributed by atoms with Crippen molar-refractivity contribution in [1.82, 2.24) is 0 Å². The number of Topliss-reactive ketones (excluding diaryl/α,β-unsaturated/α-hetero) is 1. The molecule has 1 aromatic rings. The minimum absolute atomic E-state index is 0.0594. The standard InChI is InChI=1S/C18H22O5/c1-12(19)6-5-9-14(20)8-4-2-3-7-13-10-15(21)11-16-17(13)18(22)23-16/h3,7,10-12,19,21H,2,4-6,8-9H2,1H3/b7-3+. The zero-order chi connectivity index (χ0) is 16.8. The zero-order valence-electron chi connectivity index (χ0n) is 13.2. The van der Waals surface area contributed by atoms with Crippen LogP contribution in [-0.2, 0) is 4.79 Å². The predicted molar refractivity (Wildman–Crippen MR) is 86.5 cm³/mol. The molecule has 0 amide bonds. The first kappa shape index (κ1) is 17.2. The monoisotopic (exact) mass is 318 g/mol. The maximum atomic E-state index is 11.7. The first-order chi connectivity index (χ1) is 11.0. The number of ketones is 1. The average molecular weight is 318 g/mol. The van der Waals surface area contributed by atoms with E-state index in [0.717, 1.165) is 19.3 Å². The van der Waals surface area contributed by atoms with E-state index in [-0.39, 0.29) is 23.6 Å². The Labute approximate surface area is 135 Å². The maximum Gasteiger partial charge on any atom is 0.348 e. The van der Waals surface area contributed by atoms with Gasteiger partial charge in [0.1, 0.15) is 22.8 Å². The van der Waals surface area contributed by atoms with Gasteiger partial charge in [0.2, 0.25) is 0 Å². The van der Waals surface area contributed by atoms with Gasteiger partial charge in [-0.2, -0.15) is 0 Å². The second-order valence-electron chi connectivity index (χ2n) is 5.87. The van der Waals surface area contributed by atoms with Gasteiger partial charge in [0, 0.05) is 18.9 Å². The molecule has 1 aliphatic heterocycles. The third kappa shape index (κ3) is 4.93. The summed E-state index contributed by atoms with van der Waals surface area (Å²) in [6, 6.07) is 2.94. The van der Waals surface area contributed by atoms with Gasteiger partial charge >= 0.3 is 5.97 Å². The third-order valence-corrected chi connectivity index (χ3v) is 3.73. The number of rotatable bonds is 9. The van der Waals surface area contributed by atoms with E-state index in [4.69, 9.17) is 9.84 Å². The van der Waals surface area contributed by atoms with Crippen LogP contribution < -0.4 is 4.74 Å². The second kappa shape index (κ2) is 7.92. The minimum atomic E-state index is -0.382. The number of unbranched alkanes of at least 4 members (excludes halogenated alkanes) is 1. The van der Waals surface area contributed by atoms with E-state index in [9.17, 15) is 14.7 Å². The number of allylic oxidation sites excluding steroid dienone is 1. The number of hydrogen-bond acceptors (Lipinski definition) is 5. The van der Waals surface area contributed by atoms with Gasteiger partial charge in [-0.15, -0.1) is 0 Å². The molecule has 1 atom stereocenters. The summed E-state index contributed by atoms with van der Waals surface area (Å²) < 4.78 is 4.82. The van der Waals surface area contributed by atoms with Gasteiger partial charge in [-0.05, 0) is 44.2 Å². The van der Waals surface area contributed by atoms with Crippen molar-refractivity contribution in [2.45, 2.75) is 51.6 Å². The summed E-state index contributed by atoms with van der Waals surface area (Å²) in [6.07, 6.45) is 7.20. The van der Waals surface area contributed by atoms with Crippen molar-refractivity contribution >= 4 is 17.8 Å². The highest BCUT2D eigenvalue weighted by Gasteiger charge is 2.29. The first-order valence-electron chi connectivity index (χ1n) is 7.93. The van der Waals surface area contributed by atoms with Crippen LogP contribution in [0.3, 0.4) is 0 Å². The summed E-state index contributed by atoms with van der Waals surface area (Å²) in [5.41, 5.74) is 1.13. The molecule has 23 heavy (non-hydrogen) atoms. The van der Waals surface area contributed by atoms with E-state index in [1.807, 2.05) is 6.08 Å². The molecule has 1 heterocycles. The van der Waals surface area contributed by atoms with Crippen molar-refractivity contribution in [3.63, 3.8) is 0 Å².